The topological polar surface area (TPSA) is 26.3 Å². The third-order valence-corrected chi connectivity index (χ3v) is 11.8. The van der Waals surface area contributed by atoms with Crippen molar-refractivity contribution in [3.63, 3.8) is 0 Å². The van der Waals surface area contributed by atoms with E-state index >= 15 is 0 Å². The molecule has 2 radical (unpaired) electrons. The predicted molar refractivity (Wildman–Crippen MR) is 174 cm³/mol. The Kier molecular flexibility index (Phi) is 11.1. The van der Waals surface area contributed by atoms with Crippen LogP contribution in [0.3, 0.4) is 0 Å². The molecule has 1 atom stereocenters. The van der Waals surface area contributed by atoms with Crippen LogP contribution in [-0.2, 0) is 17.1 Å². The van der Waals surface area contributed by atoms with Crippen molar-refractivity contribution in [2.45, 2.75) is 40.3 Å². The average molecular weight is 618 g/mol. The Balaban J connectivity index is 0.000000584. The molecule has 2 aliphatic rings. The van der Waals surface area contributed by atoms with E-state index in [9.17, 15) is 0 Å². The number of allylic oxidation sites excluding steroid dienone is 8. The van der Waals surface area contributed by atoms with Crippen molar-refractivity contribution in [2.24, 2.45) is 0 Å². The first-order valence-corrected chi connectivity index (χ1v) is 16.4. The standard InChI is InChI=1S/C31H31O2P2.C5H5.Fe/c1-21-15-22(2)18-26(17-21)34(27-19-23(3)16-24(4)20-27)25(5)28-9-6-10-29(28)35(30-11-7-13-32-30)31-12-8-14-33-31;1-2-4-5-3-1;/h6-20,25H,1-5H3;1-5H;/t25-;;/m0../s1. The Morgan fingerprint density at radius 2 is 1.12 bits per heavy atom. The minimum Gasteiger partial charge on any atom is -0.464 e. The van der Waals surface area contributed by atoms with Crippen LogP contribution in [0.2, 0.25) is 0 Å². The Morgan fingerprint density at radius 3 is 1.51 bits per heavy atom. The quantitative estimate of drug-likeness (QED) is 0.154. The second-order valence-electron chi connectivity index (χ2n) is 10.3. The van der Waals surface area contributed by atoms with Crippen LogP contribution in [0.1, 0.15) is 29.2 Å². The maximum Gasteiger partial charge on any atom is 0.137 e. The van der Waals surface area contributed by atoms with E-state index in [0.717, 1.165) is 11.0 Å². The van der Waals surface area contributed by atoms with Gasteiger partial charge in [-0.25, -0.2) is 0 Å². The molecule has 2 aromatic heterocycles. The van der Waals surface area contributed by atoms with Gasteiger partial charge in [0.05, 0.1) is 20.4 Å². The molecular formula is C36H36FeO2P2. The molecule has 0 saturated heterocycles. The summed E-state index contributed by atoms with van der Waals surface area (Å²) >= 11 is 0. The Labute approximate surface area is 258 Å². The SMILES string of the molecule is Cc1cc(C)cc(P(c2cc(C)cc(C)c2)[C@@H](C)[C]2C=CC=C2P(c2ccco2)c2ccco2)c1.[CH]1C=CC=C1.[Fe]. The second kappa shape index (κ2) is 14.5. The predicted octanol–water partition coefficient (Wildman–Crippen LogP) is 8.40. The third kappa shape index (κ3) is 7.60. The summed E-state index contributed by atoms with van der Waals surface area (Å²) in [6, 6.07) is 22.2. The first-order chi connectivity index (χ1) is 19.4. The summed E-state index contributed by atoms with van der Waals surface area (Å²) in [5.74, 6) is 1.38. The number of hydrogen-bond acceptors (Lipinski definition) is 2. The van der Waals surface area contributed by atoms with Crippen LogP contribution in [0.15, 0.2) is 130 Å². The number of hydrogen-bond donors (Lipinski definition) is 0. The van der Waals surface area contributed by atoms with Crippen molar-refractivity contribution < 1.29 is 25.9 Å². The van der Waals surface area contributed by atoms with Gasteiger partial charge in [-0.3, -0.25) is 0 Å². The molecule has 2 nitrogen and oxygen atoms in total. The molecule has 0 aliphatic heterocycles. The van der Waals surface area contributed by atoms with Gasteiger partial charge in [-0.1, -0.05) is 108 Å². The van der Waals surface area contributed by atoms with E-state index in [4.69, 9.17) is 8.83 Å². The molecule has 4 aromatic rings. The second-order valence-corrected chi connectivity index (χ2v) is 14.9. The molecule has 0 bridgehead atoms. The van der Waals surface area contributed by atoms with Crippen molar-refractivity contribution in [3.8, 4) is 0 Å². The van der Waals surface area contributed by atoms with Crippen molar-refractivity contribution in [1.29, 1.82) is 0 Å². The molecule has 41 heavy (non-hydrogen) atoms. The molecule has 0 N–H and O–H groups in total. The van der Waals surface area contributed by atoms with E-state index in [1.54, 1.807) is 12.5 Å². The van der Waals surface area contributed by atoms with Crippen molar-refractivity contribution in [3.05, 3.63) is 156 Å². The first-order valence-electron chi connectivity index (χ1n) is 13.7. The zero-order valence-corrected chi connectivity index (χ0v) is 27.1. The van der Waals surface area contributed by atoms with Gasteiger partial charge in [0, 0.05) is 29.4 Å². The number of rotatable bonds is 7. The van der Waals surface area contributed by atoms with Gasteiger partial charge < -0.3 is 8.83 Å². The van der Waals surface area contributed by atoms with Crippen molar-refractivity contribution >= 4 is 37.5 Å². The van der Waals surface area contributed by atoms with Gasteiger partial charge in [0.2, 0.25) is 0 Å². The minimum absolute atomic E-state index is 0. The number of furan rings is 2. The maximum absolute atomic E-state index is 5.94. The molecule has 2 aromatic carbocycles. The van der Waals surface area contributed by atoms with Crippen LogP contribution in [0, 0.1) is 40.0 Å². The largest absolute Gasteiger partial charge is 0.464 e. The smallest absolute Gasteiger partial charge is 0.137 e. The zero-order chi connectivity index (χ0) is 28.1. The molecule has 0 spiro atoms. The van der Waals surface area contributed by atoms with Gasteiger partial charge in [0.1, 0.15) is 11.0 Å². The summed E-state index contributed by atoms with van der Waals surface area (Å²) in [6.45, 7) is 11.2. The summed E-state index contributed by atoms with van der Waals surface area (Å²) in [5, 5.41) is 4.18. The molecule has 210 valence electrons. The van der Waals surface area contributed by atoms with E-state index < -0.39 is 15.8 Å². The molecule has 0 amide bonds. The van der Waals surface area contributed by atoms with E-state index in [1.165, 1.54) is 44.1 Å². The summed E-state index contributed by atoms with van der Waals surface area (Å²) in [4.78, 5) is 0. The molecule has 0 unspecified atom stereocenters. The molecule has 0 fully saturated rings. The fraction of sp³-hybridized carbons (Fsp3) is 0.167. The normalized spacial score (nSPS) is 14.8. The molecule has 0 saturated carbocycles. The van der Waals surface area contributed by atoms with Crippen LogP contribution in [0.4, 0.5) is 0 Å². The number of aryl methyl sites for hydroxylation is 4. The van der Waals surface area contributed by atoms with Crippen LogP contribution in [0.25, 0.3) is 0 Å². The number of benzene rings is 2. The van der Waals surface area contributed by atoms with Gasteiger partial charge in [0.25, 0.3) is 0 Å². The third-order valence-electron chi connectivity index (χ3n) is 6.88. The van der Waals surface area contributed by atoms with Gasteiger partial charge in [-0.2, -0.15) is 0 Å². The Bertz CT molecular complexity index is 1410. The van der Waals surface area contributed by atoms with E-state index in [-0.39, 0.29) is 17.1 Å². The molecular weight excluding hydrogens is 582 g/mol. The zero-order valence-electron chi connectivity index (χ0n) is 24.2. The average Bonchev–Trinajstić information content (AvgIpc) is 3.74. The van der Waals surface area contributed by atoms with Gasteiger partial charge >= 0.3 is 0 Å². The molecule has 5 heteroatoms. The van der Waals surface area contributed by atoms with Crippen molar-refractivity contribution in [2.75, 3.05) is 0 Å². The van der Waals surface area contributed by atoms with Gasteiger partial charge in [-0.05, 0) is 81.5 Å². The van der Waals surface area contributed by atoms with E-state index in [2.05, 4.69) is 101 Å². The first kappa shape index (κ1) is 31.3. The van der Waals surface area contributed by atoms with E-state index in [1.807, 2.05) is 42.9 Å². The fourth-order valence-electron chi connectivity index (χ4n) is 5.36. The fourth-order valence-corrected chi connectivity index (χ4v) is 10.8. The summed E-state index contributed by atoms with van der Waals surface area (Å²) in [6.07, 6.45) is 20.3. The van der Waals surface area contributed by atoms with Gasteiger partial charge in [0.15, 0.2) is 0 Å². The minimum atomic E-state index is -0.899. The molecule has 6 rings (SSSR count). The van der Waals surface area contributed by atoms with Crippen LogP contribution in [0.5, 0.6) is 0 Å². The van der Waals surface area contributed by atoms with Crippen LogP contribution in [-0.4, -0.2) is 5.66 Å². The van der Waals surface area contributed by atoms with Gasteiger partial charge in [-0.15, -0.1) is 0 Å². The summed E-state index contributed by atoms with van der Waals surface area (Å²) in [7, 11) is -1.53. The van der Waals surface area contributed by atoms with Crippen LogP contribution < -0.4 is 21.6 Å². The van der Waals surface area contributed by atoms with E-state index in [0.29, 0.717) is 5.66 Å². The Morgan fingerprint density at radius 1 is 0.634 bits per heavy atom. The molecule has 2 heterocycles. The summed E-state index contributed by atoms with van der Waals surface area (Å²) < 4.78 is 11.9. The Hall–Kier alpha value is -2.66. The molecule has 2 aliphatic carbocycles. The monoisotopic (exact) mass is 618 g/mol. The van der Waals surface area contributed by atoms with Crippen molar-refractivity contribution in [1.82, 2.24) is 0 Å². The summed E-state index contributed by atoms with van der Waals surface area (Å²) in [5.41, 5.74) is 7.54. The maximum atomic E-state index is 5.94. The van der Waals surface area contributed by atoms with Crippen LogP contribution >= 0.6 is 15.8 Å².